The summed E-state index contributed by atoms with van der Waals surface area (Å²) in [6.07, 6.45) is 0. The molecule has 0 heterocycles. The van der Waals surface area contributed by atoms with Gasteiger partial charge in [-0.2, -0.15) is 0 Å². The third kappa shape index (κ3) is 3.13. The maximum Gasteiger partial charge on any atom is 0.150 e. The fraction of sp³-hybridized carbons (Fsp3) is 0.0714. The number of anilines is 2. The Balaban J connectivity index is 2.48. The first kappa shape index (κ1) is 14.9. The molecule has 3 N–H and O–H groups in total. The number of nitrogens with two attached hydrogens (primary N) is 1. The van der Waals surface area contributed by atoms with Crippen LogP contribution < -0.4 is 11.1 Å². The van der Waals surface area contributed by atoms with Crippen LogP contribution >= 0.6 is 28.1 Å². The van der Waals surface area contributed by atoms with Crippen molar-refractivity contribution in [3.8, 4) is 0 Å². The summed E-state index contributed by atoms with van der Waals surface area (Å²) in [5.41, 5.74) is 7.35. The van der Waals surface area contributed by atoms with Crippen molar-refractivity contribution in [1.29, 1.82) is 0 Å². The molecular formula is C14H11BrF2N2S. The van der Waals surface area contributed by atoms with Gasteiger partial charge in [-0.3, -0.25) is 0 Å². The molecule has 20 heavy (non-hydrogen) atoms. The number of nitrogens with one attached hydrogen (secondary N) is 1. The zero-order chi connectivity index (χ0) is 14.9. The maximum absolute atomic E-state index is 13.8. The molecule has 0 atom stereocenters. The highest BCUT2D eigenvalue weighted by molar-refractivity contribution is 9.10. The third-order valence-electron chi connectivity index (χ3n) is 2.71. The monoisotopic (exact) mass is 356 g/mol. The predicted molar refractivity (Wildman–Crippen MR) is 84.4 cm³/mol. The Labute approximate surface area is 129 Å². The normalized spacial score (nSPS) is 10.4. The van der Waals surface area contributed by atoms with Gasteiger partial charge in [-0.15, -0.1) is 0 Å². The van der Waals surface area contributed by atoms with E-state index in [1.807, 2.05) is 6.92 Å². The molecule has 0 aromatic heterocycles. The van der Waals surface area contributed by atoms with Crippen LogP contribution in [-0.4, -0.2) is 4.99 Å². The molecule has 0 fully saturated rings. The van der Waals surface area contributed by atoms with Gasteiger partial charge in [-0.05, 0) is 31.2 Å². The third-order valence-corrected chi connectivity index (χ3v) is 3.38. The van der Waals surface area contributed by atoms with Gasteiger partial charge in [-0.1, -0.05) is 39.8 Å². The Bertz CT molecular complexity index is 666. The molecule has 2 rings (SSSR count). The Hall–Kier alpha value is -1.53. The molecule has 0 radical (unpaired) electrons. The van der Waals surface area contributed by atoms with Crippen molar-refractivity contribution in [2.24, 2.45) is 5.73 Å². The van der Waals surface area contributed by atoms with E-state index < -0.39 is 11.6 Å². The topological polar surface area (TPSA) is 38.0 Å². The van der Waals surface area contributed by atoms with E-state index in [0.29, 0.717) is 15.7 Å². The van der Waals surface area contributed by atoms with Gasteiger partial charge < -0.3 is 11.1 Å². The molecular weight excluding hydrogens is 346 g/mol. The predicted octanol–water partition coefficient (Wildman–Crippen LogP) is 4.41. The minimum absolute atomic E-state index is 0.161. The molecule has 2 nitrogen and oxygen atoms in total. The van der Waals surface area contributed by atoms with Crippen LogP contribution in [0.1, 0.15) is 11.1 Å². The van der Waals surface area contributed by atoms with Crippen molar-refractivity contribution < 1.29 is 8.78 Å². The highest BCUT2D eigenvalue weighted by atomic mass is 79.9. The molecule has 104 valence electrons. The minimum Gasteiger partial charge on any atom is -0.389 e. The molecule has 0 bridgehead atoms. The number of rotatable bonds is 3. The van der Waals surface area contributed by atoms with Gasteiger partial charge in [-0.25, -0.2) is 8.78 Å². The molecule has 0 aliphatic carbocycles. The first-order valence-corrected chi connectivity index (χ1v) is 6.90. The van der Waals surface area contributed by atoms with Crippen LogP contribution in [0.3, 0.4) is 0 Å². The fourth-order valence-corrected chi connectivity index (χ4v) is 2.34. The van der Waals surface area contributed by atoms with Crippen LogP contribution in [0.25, 0.3) is 0 Å². The fourth-order valence-electron chi connectivity index (χ4n) is 1.77. The Morgan fingerprint density at radius 2 is 1.80 bits per heavy atom. The van der Waals surface area contributed by atoms with Gasteiger partial charge in [0.05, 0.1) is 0 Å². The minimum atomic E-state index is -0.702. The van der Waals surface area contributed by atoms with Crippen molar-refractivity contribution in [2.75, 3.05) is 5.32 Å². The Kier molecular flexibility index (Phi) is 4.35. The van der Waals surface area contributed by atoms with Crippen molar-refractivity contribution in [3.05, 3.63) is 57.6 Å². The van der Waals surface area contributed by atoms with E-state index >= 15 is 0 Å². The second-order valence-electron chi connectivity index (χ2n) is 4.28. The summed E-state index contributed by atoms with van der Waals surface area (Å²) in [7, 11) is 0. The van der Waals surface area contributed by atoms with Gasteiger partial charge in [0.2, 0.25) is 0 Å². The van der Waals surface area contributed by atoms with E-state index in [1.54, 1.807) is 18.2 Å². The van der Waals surface area contributed by atoms with Crippen LogP contribution in [0, 0.1) is 18.6 Å². The molecule has 0 aliphatic rings. The molecule has 0 saturated heterocycles. The first-order valence-electron chi connectivity index (χ1n) is 5.70. The van der Waals surface area contributed by atoms with Gasteiger partial charge >= 0.3 is 0 Å². The summed E-state index contributed by atoms with van der Waals surface area (Å²) in [6, 6.07) is 7.61. The van der Waals surface area contributed by atoms with Crippen LogP contribution in [0.15, 0.2) is 34.8 Å². The zero-order valence-electron chi connectivity index (χ0n) is 10.5. The summed E-state index contributed by atoms with van der Waals surface area (Å²) in [6.45, 7) is 1.88. The lowest BCUT2D eigenvalue weighted by Gasteiger charge is -2.13. The van der Waals surface area contributed by atoms with Crippen LogP contribution in [0.5, 0.6) is 0 Å². The van der Waals surface area contributed by atoms with Crippen molar-refractivity contribution >= 4 is 44.5 Å². The summed E-state index contributed by atoms with van der Waals surface area (Å²) < 4.78 is 28.0. The van der Waals surface area contributed by atoms with E-state index in [2.05, 4.69) is 21.2 Å². The summed E-state index contributed by atoms with van der Waals surface area (Å²) in [5.74, 6) is -1.40. The molecule has 2 aromatic carbocycles. The smallest absolute Gasteiger partial charge is 0.150 e. The highest BCUT2D eigenvalue weighted by Crippen LogP contribution is 2.28. The van der Waals surface area contributed by atoms with Crippen molar-refractivity contribution in [1.82, 2.24) is 0 Å². The largest absolute Gasteiger partial charge is 0.389 e. The van der Waals surface area contributed by atoms with Crippen LogP contribution in [0.4, 0.5) is 20.2 Å². The SMILES string of the molecule is Cc1ccc(Nc2c(F)cc(Br)cc2F)c(C(N)=S)c1. The van der Waals surface area contributed by atoms with E-state index in [9.17, 15) is 8.78 Å². The molecule has 0 amide bonds. The number of aryl methyl sites for hydroxylation is 1. The van der Waals surface area contributed by atoms with Crippen molar-refractivity contribution in [2.45, 2.75) is 6.92 Å². The van der Waals surface area contributed by atoms with E-state index in [4.69, 9.17) is 18.0 Å². The standard InChI is InChI=1S/C14H11BrF2N2S/c1-7-2-3-12(9(4-7)14(18)20)19-13-10(16)5-8(15)6-11(13)17/h2-6,19H,1H3,(H2,18,20). The average Bonchev–Trinajstić information content (AvgIpc) is 2.34. The molecule has 0 saturated carbocycles. The highest BCUT2D eigenvalue weighted by Gasteiger charge is 2.13. The zero-order valence-corrected chi connectivity index (χ0v) is 12.9. The maximum atomic E-state index is 13.8. The van der Waals surface area contributed by atoms with E-state index in [1.165, 1.54) is 12.1 Å². The second kappa shape index (κ2) is 5.85. The van der Waals surface area contributed by atoms with Gasteiger partial charge in [0.15, 0.2) is 11.6 Å². The number of halogens is 3. The summed E-state index contributed by atoms with van der Waals surface area (Å²) in [5, 5.41) is 2.71. The first-order chi connectivity index (χ1) is 9.38. The lowest BCUT2D eigenvalue weighted by atomic mass is 10.1. The number of benzene rings is 2. The van der Waals surface area contributed by atoms with Crippen LogP contribution in [-0.2, 0) is 0 Å². The average molecular weight is 357 g/mol. The molecule has 0 unspecified atom stereocenters. The second-order valence-corrected chi connectivity index (χ2v) is 5.64. The quantitative estimate of drug-likeness (QED) is 0.799. The lowest BCUT2D eigenvalue weighted by molar-refractivity contribution is 0.589. The molecule has 0 spiro atoms. The number of thiocarbonyl (C=S) groups is 1. The summed E-state index contributed by atoms with van der Waals surface area (Å²) in [4.78, 5) is 0.161. The number of hydrogen-bond acceptors (Lipinski definition) is 2. The van der Waals surface area contributed by atoms with Gasteiger partial charge in [0, 0.05) is 15.7 Å². The molecule has 6 heteroatoms. The number of hydrogen-bond donors (Lipinski definition) is 2. The Morgan fingerprint density at radius 3 is 2.35 bits per heavy atom. The van der Waals surface area contributed by atoms with Crippen LogP contribution in [0.2, 0.25) is 0 Å². The molecule has 2 aromatic rings. The van der Waals surface area contributed by atoms with E-state index in [-0.39, 0.29) is 10.7 Å². The Morgan fingerprint density at radius 1 is 1.20 bits per heavy atom. The molecule has 0 aliphatic heterocycles. The summed E-state index contributed by atoms with van der Waals surface area (Å²) >= 11 is 7.99. The lowest BCUT2D eigenvalue weighted by Crippen LogP contribution is -2.12. The van der Waals surface area contributed by atoms with Gasteiger partial charge in [0.1, 0.15) is 10.7 Å². The van der Waals surface area contributed by atoms with Crippen molar-refractivity contribution in [3.63, 3.8) is 0 Å². The van der Waals surface area contributed by atoms with E-state index in [0.717, 1.165) is 5.56 Å². The van der Waals surface area contributed by atoms with Gasteiger partial charge in [0.25, 0.3) is 0 Å².